The number of rotatable bonds is 12. The fourth-order valence-electron chi connectivity index (χ4n) is 3.40. The Bertz CT molecular complexity index is 851. The average Bonchev–Trinajstić information content (AvgIpc) is 3.10. The van der Waals surface area contributed by atoms with Crippen molar-refractivity contribution in [2.24, 2.45) is 11.8 Å². The lowest BCUT2D eigenvalue weighted by Gasteiger charge is -2.16. The van der Waals surface area contributed by atoms with Gasteiger partial charge in [-0.05, 0) is 64.4 Å². The molecule has 0 bridgehead atoms. The maximum absolute atomic E-state index is 12.3. The molecule has 0 aliphatic heterocycles. The number of nitrogens with one attached hydrogen (secondary N) is 1. The number of hydrogen-bond donors (Lipinski definition) is 1. The Morgan fingerprint density at radius 2 is 2.03 bits per heavy atom. The second kappa shape index (κ2) is 12.4. The molecular weight excluding hydrogens is 430 g/mol. The molecule has 0 saturated carbocycles. The number of nitrogens with zero attached hydrogens (tertiary/aromatic N) is 2. The summed E-state index contributed by atoms with van der Waals surface area (Å²) >= 11 is 8.03. The van der Waals surface area contributed by atoms with Crippen molar-refractivity contribution < 1.29 is 9.53 Å². The Labute approximate surface area is 196 Å². The normalized spacial score (nSPS) is 12.4. The summed E-state index contributed by atoms with van der Waals surface area (Å²) in [4.78, 5) is 20.5. The number of carbonyl (C=O) groups excluding carboxylic acids is 1. The van der Waals surface area contributed by atoms with E-state index in [2.05, 4.69) is 44.2 Å². The highest BCUT2D eigenvalue weighted by molar-refractivity contribution is 7.16. The monoisotopic (exact) mass is 465 g/mol. The number of aryl methyl sites for hydroxylation is 1. The summed E-state index contributed by atoms with van der Waals surface area (Å²) in [5.74, 6) is 0.177. The summed E-state index contributed by atoms with van der Waals surface area (Å²) in [6.07, 6.45) is 3.81. The van der Waals surface area contributed by atoms with Crippen LogP contribution in [-0.2, 0) is 16.0 Å². The van der Waals surface area contributed by atoms with E-state index in [4.69, 9.17) is 21.3 Å². The minimum atomic E-state index is -0.179. The number of ether oxygens (including phenoxy) is 1. The van der Waals surface area contributed by atoms with Crippen LogP contribution in [0.1, 0.15) is 43.6 Å². The van der Waals surface area contributed by atoms with Gasteiger partial charge in [-0.2, -0.15) is 0 Å². The van der Waals surface area contributed by atoms with Crippen molar-refractivity contribution in [3.05, 3.63) is 33.7 Å². The molecule has 2 aromatic rings. The number of unbranched alkanes of at least 4 members (excludes halogenated alkanes) is 1. The van der Waals surface area contributed by atoms with E-state index in [1.54, 1.807) is 11.3 Å². The highest BCUT2D eigenvalue weighted by atomic mass is 35.5. The molecule has 1 N–H and O–H groups in total. The molecule has 0 amide bonds. The fraction of sp³-hybridized carbons (Fsp3) is 0.583. The largest absolute Gasteiger partial charge is 0.469 e. The summed E-state index contributed by atoms with van der Waals surface area (Å²) < 4.78 is 5.03. The molecule has 0 saturated heterocycles. The van der Waals surface area contributed by atoms with E-state index >= 15 is 0 Å². The quantitative estimate of drug-likeness (QED) is 0.312. The summed E-state index contributed by atoms with van der Waals surface area (Å²) in [5, 5.41) is 4.99. The van der Waals surface area contributed by atoms with E-state index < -0.39 is 0 Å². The van der Waals surface area contributed by atoms with Crippen molar-refractivity contribution in [2.45, 2.75) is 46.5 Å². The molecule has 7 heteroatoms. The van der Waals surface area contributed by atoms with Gasteiger partial charge in [-0.15, -0.1) is 11.3 Å². The van der Waals surface area contributed by atoms with Crippen LogP contribution in [0.15, 0.2) is 18.2 Å². The number of aromatic nitrogens is 1. The molecule has 0 spiro atoms. The van der Waals surface area contributed by atoms with Crippen molar-refractivity contribution in [2.75, 3.05) is 39.6 Å². The Balaban J connectivity index is 2.14. The molecule has 0 fully saturated rings. The summed E-state index contributed by atoms with van der Waals surface area (Å²) in [6.45, 7) is 7.96. The van der Waals surface area contributed by atoms with Crippen LogP contribution in [0, 0.1) is 18.8 Å². The van der Waals surface area contributed by atoms with Crippen molar-refractivity contribution in [1.29, 1.82) is 0 Å². The predicted octanol–water partition coefficient (Wildman–Crippen LogP) is 5.90. The van der Waals surface area contributed by atoms with Crippen LogP contribution in [0.2, 0.25) is 5.02 Å². The molecule has 2 rings (SSSR count). The van der Waals surface area contributed by atoms with E-state index in [0.717, 1.165) is 59.2 Å². The van der Waals surface area contributed by atoms with Gasteiger partial charge in [0.05, 0.1) is 18.7 Å². The van der Waals surface area contributed by atoms with Crippen LogP contribution in [0.3, 0.4) is 0 Å². The van der Waals surface area contributed by atoms with Crippen LogP contribution in [0.25, 0.3) is 11.3 Å². The predicted molar refractivity (Wildman–Crippen MR) is 132 cm³/mol. The van der Waals surface area contributed by atoms with Crippen molar-refractivity contribution in [3.63, 3.8) is 0 Å². The van der Waals surface area contributed by atoms with Crippen LogP contribution in [0.4, 0.5) is 5.13 Å². The summed E-state index contributed by atoms with van der Waals surface area (Å²) in [5.41, 5.74) is 3.06. The van der Waals surface area contributed by atoms with Gasteiger partial charge < -0.3 is 15.0 Å². The minimum absolute atomic E-state index is 0.165. The van der Waals surface area contributed by atoms with Crippen LogP contribution >= 0.6 is 22.9 Å². The van der Waals surface area contributed by atoms with Crippen molar-refractivity contribution in [1.82, 2.24) is 9.88 Å². The van der Waals surface area contributed by atoms with Gasteiger partial charge in [0, 0.05) is 22.0 Å². The molecule has 1 aromatic carbocycles. The van der Waals surface area contributed by atoms with E-state index in [0.29, 0.717) is 12.5 Å². The molecular formula is C24H36ClN3O2S. The SMILES string of the molecule is COC(=O)C(CCCCN(C)C)CNc1nc(-c2ccc(C)c(Cl)c2)c(CC(C)C)s1. The Hall–Kier alpha value is -1.63. The average molecular weight is 466 g/mol. The number of methoxy groups -OCH3 is 1. The first kappa shape index (κ1) is 25.6. The number of esters is 1. The fourth-order valence-corrected chi connectivity index (χ4v) is 4.78. The number of hydrogen-bond acceptors (Lipinski definition) is 6. The molecule has 172 valence electrons. The van der Waals surface area contributed by atoms with Crippen LogP contribution in [0.5, 0.6) is 0 Å². The van der Waals surface area contributed by atoms with Gasteiger partial charge in [0.15, 0.2) is 5.13 Å². The highest BCUT2D eigenvalue weighted by Crippen LogP contribution is 2.35. The zero-order chi connectivity index (χ0) is 23.0. The second-order valence-electron chi connectivity index (χ2n) is 8.75. The number of halogens is 1. The number of thiazole rings is 1. The van der Waals surface area contributed by atoms with Gasteiger partial charge in [0.2, 0.25) is 0 Å². The molecule has 31 heavy (non-hydrogen) atoms. The molecule has 1 heterocycles. The van der Waals surface area contributed by atoms with Gasteiger partial charge in [0.1, 0.15) is 0 Å². The molecule has 5 nitrogen and oxygen atoms in total. The third-order valence-corrected chi connectivity index (χ3v) is 6.62. The van der Waals surface area contributed by atoms with E-state index in [-0.39, 0.29) is 11.9 Å². The Morgan fingerprint density at radius 3 is 2.65 bits per heavy atom. The third-order valence-electron chi connectivity index (χ3n) is 5.18. The first-order chi connectivity index (χ1) is 14.7. The maximum Gasteiger partial charge on any atom is 0.310 e. The van der Waals surface area contributed by atoms with Gasteiger partial charge in [-0.1, -0.05) is 44.0 Å². The number of carbonyl (C=O) groups is 1. The molecule has 1 aromatic heterocycles. The second-order valence-corrected chi connectivity index (χ2v) is 10.2. The molecule has 0 aliphatic carbocycles. The van der Waals surface area contributed by atoms with Gasteiger partial charge >= 0.3 is 5.97 Å². The number of anilines is 1. The topological polar surface area (TPSA) is 54.5 Å². The van der Waals surface area contributed by atoms with Crippen molar-refractivity contribution in [3.8, 4) is 11.3 Å². The van der Waals surface area contributed by atoms with Crippen LogP contribution in [-0.4, -0.2) is 50.1 Å². The van der Waals surface area contributed by atoms with Gasteiger partial charge in [0.25, 0.3) is 0 Å². The lowest BCUT2D eigenvalue weighted by Crippen LogP contribution is -2.25. The Kier molecular flexibility index (Phi) is 10.3. The first-order valence-corrected chi connectivity index (χ1v) is 12.1. The zero-order valence-electron chi connectivity index (χ0n) is 19.6. The maximum atomic E-state index is 12.3. The molecule has 1 atom stereocenters. The van der Waals surface area contributed by atoms with E-state index in [1.807, 2.05) is 19.1 Å². The summed E-state index contributed by atoms with van der Waals surface area (Å²) in [7, 11) is 5.59. The van der Waals surface area contributed by atoms with Gasteiger partial charge in [-0.3, -0.25) is 4.79 Å². The molecule has 1 unspecified atom stereocenters. The summed E-state index contributed by atoms with van der Waals surface area (Å²) in [6, 6.07) is 6.09. The highest BCUT2D eigenvalue weighted by Gasteiger charge is 2.21. The smallest absolute Gasteiger partial charge is 0.310 e. The third kappa shape index (κ3) is 8.09. The van der Waals surface area contributed by atoms with E-state index in [9.17, 15) is 4.79 Å². The lowest BCUT2D eigenvalue weighted by molar-refractivity contribution is -0.145. The standard InChI is InChI=1S/C24H36ClN3O2S/c1-16(2)13-21-22(18-11-10-17(3)20(25)14-18)27-24(31-21)26-15-19(23(29)30-6)9-7-8-12-28(4)5/h10-11,14,16,19H,7-9,12-13,15H2,1-6H3,(H,26,27). The molecule has 0 aliphatic rings. The Morgan fingerprint density at radius 1 is 1.29 bits per heavy atom. The van der Waals surface area contributed by atoms with Crippen molar-refractivity contribution >= 4 is 34.0 Å². The minimum Gasteiger partial charge on any atom is -0.469 e. The van der Waals surface area contributed by atoms with Crippen LogP contribution < -0.4 is 5.32 Å². The first-order valence-electron chi connectivity index (χ1n) is 10.9. The zero-order valence-corrected chi connectivity index (χ0v) is 21.2. The van der Waals surface area contributed by atoms with E-state index in [1.165, 1.54) is 12.0 Å². The number of benzene rings is 1. The molecule has 0 radical (unpaired) electrons. The van der Waals surface area contributed by atoms with Gasteiger partial charge in [-0.25, -0.2) is 4.98 Å². The lowest BCUT2D eigenvalue weighted by atomic mass is 10.0.